The zero-order valence-corrected chi connectivity index (χ0v) is 17.2. The third kappa shape index (κ3) is 5.66. The number of halogens is 1. The molecule has 21 heavy (non-hydrogen) atoms. The van der Waals surface area contributed by atoms with Crippen molar-refractivity contribution >= 4 is 30.2 Å². The maximum Gasteiger partial charge on any atom is 0.325 e. The Labute approximate surface area is 138 Å². The minimum Gasteiger partial charge on any atom is -0.465 e. The quantitative estimate of drug-likeness (QED) is 0.414. The van der Waals surface area contributed by atoms with Crippen LogP contribution in [0.4, 0.5) is 0 Å². The highest BCUT2D eigenvalue weighted by molar-refractivity contribution is 9.10. The van der Waals surface area contributed by atoms with E-state index >= 15 is 0 Å². The number of aliphatic hydroxyl groups excluding tert-OH is 1. The predicted octanol–water partition coefficient (Wildman–Crippen LogP) is 3.72. The maximum atomic E-state index is 11.9. The van der Waals surface area contributed by atoms with Crippen molar-refractivity contribution in [3.05, 3.63) is 0 Å². The van der Waals surface area contributed by atoms with E-state index in [0.717, 1.165) is 0 Å². The second-order valence-corrected chi connectivity index (χ2v) is 13.7. The molecule has 0 saturated carbocycles. The molecule has 0 fully saturated rings. The first-order chi connectivity index (χ1) is 9.27. The van der Waals surface area contributed by atoms with E-state index in [4.69, 9.17) is 9.16 Å². The molecule has 6 heteroatoms. The summed E-state index contributed by atoms with van der Waals surface area (Å²) in [7, 11) is -1.86. The molecular formula is C15H31BrO4Si. The Hall–Kier alpha value is 0.0869. The van der Waals surface area contributed by atoms with Crippen molar-refractivity contribution in [1.82, 2.24) is 0 Å². The molecule has 0 aliphatic carbocycles. The van der Waals surface area contributed by atoms with E-state index < -0.39 is 24.7 Å². The molecule has 0 amide bonds. The van der Waals surface area contributed by atoms with Gasteiger partial charge in [0.25, 0.3) is 0 Å². The summed E-state index contributed by atoms with van der Waals surface area (Å²) in [6.07, 6.45) is -0.874. The first kappa shape index (κ1) is 21.1. The molecular weight excluding hydrogens is 352 g/mol. The third-order valence-corrected chi connectivity index (χ3v) is 9.58. The fourth-order valence-electron chi connectivity index (χ4n) is 1.57. The van der Waals surface area contributed by atoms with E-state index in [0.29, 0.717) is 13.2 Å². The number of rotatable bonds is 7. The van der Waals surface area contributed by atoms with Gasteiger partial charge in [-0.25, -0.2) is 0 Å². The van der Waals surface area contributed by atoms with E-state index in [-0.39, 0.29) is 11.0 Å². The Morgan fingerprint density at radius 2 is 1.76 bits per heavy atom. The van der Waals surface area contributed by atoms with Crippen molar-refractivity contribution < 1.29 is 19.1 Å². The van der Waals surface area contributed by atoms with Crippen LogP contribution in [-0.4, -0.2) is 43.0 Å². The van der Waals surface area contributed by atoms with E-state index in [1.807, 2.05) is 6.92 Å². The molecule has 0 aromatic carbocycles. The molecule has 0 heterocycles. The Bertz CT molecular complexity index is 350. The zero-order valence-electron chi connectivity index (χ0n) is 14.6. The average Bonchev–Trinajstić information content (AvgIpc) is 2.33. The summed E-state index contributed by atoms with van der Waals surface area (Å²) in [5.74, 6) is -0.621. The number of alkyl halides is 1. The average molecular weight is 383 g/mol. The highest BCUT2D eigenvalue weighted by Gasteiger charge is 2.43. The molecule has 0 bridgehead atoms. The van der Waals surface area contributed by atoms with Crippen molar-refractivity contribution in [2.45, 2.75) is 70.1 Å². The predicted molar refractivity (Wildman–Crippen MR) is 92.3 cm³/mol. The van der Waals surface area contributed by atoms with Crippen LogP contribution in [0.3, 0.4) is 0 Å². The van der Waals surface area contributed by atoms with Crippen molar-refractivity contribution in [2.24, 2.45) is 5.92 Å². The number of carbonyl (C=O) groups is 1. The minimum absolute atomic E-state index is 0.122. The van der Waals surface area contributed by atoms with Crippen LogP contribution in [0.25, 0.3) is 0 Å². The third-order valence-electron chi connectivity index (χ3n) is 4.28. The topological polar surface area (TPSA) is 55.8 Å². The van der Waals surface area contributed by atoms with E-state index in [2.05, 4.69) is 49.8 Å². The second-order valence-electron chi connectivity index (χ2n) is 7.29. The van der Waals surface area contributed by atoms with Gasteiger partial charge in [-0.2, -0.15) is 0 Å². The molecule has 0 rings (SSSR count). The lowest BCUT2D eigenvalue weighted by atomic mass is 9.94. The zero-order chi connectivity index (χ0) is 17.1. The highest BCUT2D eigenvalue weighted by atomic mass is 79.9. The van der Waals surface area contributed by atoms with Gasteiger partial charge < -0.3 is 14.3 Å². The van der Waals surface area contributed by atoms with Crippen LogP contribution in [0.1, 0.15) is 41.5 Å². The standard InChI is InChI=1S/C15H31BrO4Si/c1-9-19-13(18)15(6,16)12(17)11(2)10-20-21(7,8)14(3,4)5/h11-12,17H,9-10H2,1-8H3/t11-,12-,15-/m0/s1. The largest absolute Gasteiger partial charge is 0.465 e. The summed E-state index contributed by atoms with van der Waals surface area (Å²) < 4.78 is 10.0. The van der Waals surface area contributed by atoms with Crippen molar-refractivity contribution in [2.75, 3.05) is 13.2 Å². The molecule has 0 unspecified atom stereocenters. The Morgan fingerprint density at radius 1 is 1.29 bits per heavy atom. The molecule has 126 valence electrons. The first-order valence-electron chi connectivity index (χ1n) is 7.45. The van der Waals surface area contributed by atoms with E-state index in [9.17, 15) is 9.90 Å². The SMILES string of the molecule is CCOC(=O)[C@@](C)(Br)[C@@H](O)[C@@H](C)CO[Si](C)(C)C(C)(C)C. The van der Waals surface area contributed by atoms with Crippen LogP contribution in [0, 0.1) is 5.92 Å². The van der Waals surface area contributed by atoms with Gasteiger partial charge in [-0.3, -0.25) is 4.79 Å². The molecule has 0 saturated heterocycles. The normalized spacial score (nSPS) is 18.8. The lowest BCUT2D eigenvalue weighted by molar-refractivity contribution is -0.149. The van der Waals surface area contributed by atoms with Gasteiger partial charge in [0.05, 0.1) is 12.7 Å². The Morgan fingerprint density at radius 3 is 2.14 bits per heavy atom. The van der Waals surface area contributed by atoms with Gasteiger partial charge in [0, 0.05) is 12.5 Å². The summed E-state index contributed by atoms with van der Waals surface area (Å²) in [5, 5.41) is 10.6. The summed E-state index contributed by atoms with van der Waals surface area (Å²) >= 11 is 3.31. The van der Waals surface area contributed by atoms with E-state index in [1.54, 1.807) is 13.8 Å². The van der Waals surface area contributed by atoms with Crippen molar-refractivity contribution in [3.63, 3.8) is 0 Å². The number of carbonyl (C=O) groups excluding carboxylic acids is 1. The minimum atomic E-state index is -1.86. The molecule has 0 aliphatic heterocycles. The number of ether oxygens (including phenoxy) is 1. The molecule has 4 nitrogen and oxygen atoms in total. The van der Waals surface area contributed by atoms with Crippen molar-refractivity contribution in [1.29, 1.82) is 0 Å². The fourth-order valence-corrected chi connectivity index (χ4v) is 3.25. The van der Waals surface area contributed by atoms with Gasteiger partial charge in [0.15, 0.2) is 8.32 Å². The van der Waals surface area contributed by atoms with Gasteiger partial charge in [-0.1, -0.05) is 43.6 Å². The summed E-state index contributed by atoms with van der Waals surface area (Å²) in [6.45, 7) is 16.9. The van der Waals surface area contributed by atoms with Gasteiger partial charge in [-0.15, -0.1) is 0 Å². The summed E-state index contributed by atoms with van der Waals surface area (Å²) in [6, 6.07) is 0. The summed E-state index contributed by atoms with van der Waals surface area (Å²) in [4.78, 5) is 11.9. The molecule has 0 aromatic heterocycles. The second kappa shape index (κ2) is 7.57. The van der Waals surface area contributed by atoms with Crippen molar-refractivity contribution in [3.8, 4) is 0 Å². The van der Waals surface area contributed by atoms with Gasteiger partial charge >= 0.3 is 5.97 Å². The van der Waals surface area contributed by atoms with Crippen LogP contribution in [0.2, 0.25) is 18.1 Å². The van der Waals surface area contributed by atoms with Crippen LogP contribution >= 0.6 is 15.9 Å². The summed E-state index contributed by atoms with van der Waals surface area (Å²) in [5.41, 5.74) is 0. The van der Waals surface area contributed by atoms with Gasteiger partial charge in [0.2, 0.25) is 0 Å². The monoisotopic (exact) mass is 382 g/mol. The first-order valence-corrected chi connectivity index (χ1v) is 11.2. The number of hydrogen-bond acceptors (Lipinski definition) is 4. The maximum absolute atomic E-state index is 11.9. The molecule has 0 spiro atoms. The lowest BCUT2D eigenvalue weighted by Gasteiger charge is -2.38. The molecule has 0 aliphatic rings. The van der Waals surface area contributed by atoms with Crippen LogP contribution in [0.15, 0.2) is 0 Å². The highest BCUT2D eigenvalue weighted by Crippen LogP contribution is 2.37. The molecule has 1 N–H and O–H groups in total. The lowest BCUT2D eigenvalue weighted by Crippen LogP contribution is -2.49. The Balaban J connectivity index is 4.73. The van der Waals surface area contributed by atoms with Gasteiger partial charge in [-0.05, 0) is 32.0 Å². The number of hydrogen-bond donors (Lipinski definition) is 1. The van der Waals surface area contributed by atoms with Crippen LogP contribution < -0.4 is 0 Å². The van der Waals surface area contributed by atoms with Crippen LogP contribution in [-0.2, 0) is 14.0 Å². The number of esters is 1. The molecule has 0 aromatic rings. The Kier molecular flexibility index (Phi) is 7.60. The van der Waals surface area contributed by atoms with E-state index in [1.165, 1.54) is 0 Å². The van der Waals surface area contributed by atoms with Gasteiger partial charge in [0.1, 0.15) is 4.32 Å². The molecule has 3 atom stereocenters. The number of aliphatic hydroxyl groups is 1. The smallest absolute Gasteiger partial charge is 0.325 e. The fraction of sp³-hybridized carbons (Fsp3) is 0.933. The molecule has 0 radical (unpaired) electrons. The van der Waals surface area contributed by atoms with Crippen LogP contribution in [0.5, 0.6) is 0 Å².